The first-order chi connectivity index (χ1) is 13.6. The summed E-state index contributed by atoms with van der Waals surface area (Å²) in [5.74, 6) is 0.623. The molecule has 0 aliphatic carbocycles. The Labute approximate surface area is 177 Å². The SMILES string of the molecule is CCCCCCCC/C=C/CCCCCCCCNC(C)CC(=O)C(C)CC. The summed E-state index contributed by atoms with van der Waals surface area (Å²) in [7, 11) is 0. The monoisotopic (exact) mass is 393 g/mol. The van der Waals surface area contributed by atoms with E-state index in [1.54, 1.807) is 0 Å². The molecule has 0 aromatic rings. The molecule has 0 saturated heterocycles. The van der Waals surface area contributed by atoms with Crippen LogP contribution in [0.2, 0.25) is 0 Å². The Morgan fingerprint density at radius 1 is 0.750 bits per heavy atom. The molecule has 0 aliphatic heterocycles. The number of unbranched alkanes of at least 4 members (excludes halogenated alkanes) is 12. The Morgan fingerprint density at radius 2 is 1.25 bits per heavy atom. The van der Waals surface area contributed by atoms with Crippen LogP contribution in [-0.4, -0.2) is 18.4 Å². The minimum absolute atomic E-state index is 0.217. The molecule has 2 nitrogen and oxygen atoms in total. The van der Waals surface area contributed by atoms with Crippen LogP contribution in [0.1, 0.15) is 130 Å². The molecule has 166 valence electrons. The average Bonchev–Trinajstić information content (AvgIpc) is 2.69. The lowest BCUT2D eigenvalue weighted by molar-refractivity contribution is -0.122. The quantitative estimate of drug-likeness (QED) is 0.158. The summed E-state index contributed by atoms with van der Waals surface area (Å²) in [6.07, 6.45) is 25.3. The van der Waals surface area contributed by atoms with Crippen LogP contribution in [0.4, 0.5) is 0 Å². The summed E-state index contributed by atoms with van der Waals surface area (Å²) in [6, 6.07) is 0.324. The van der Waals surface area contributed by atoms with E-state index >= 15 is 0 Å². The summed E-state index contributed by atoms with van der Waals surface area (Å²) >= 11 is 0. The zero-order chi connectivity index (χ0) is 20.9. The summed E-state index contributed by atoms with van der Waals surface area (Å²) in [6.45, 7) is 9.60. The predicted molar refractivity (Wildman–Crippen MR) is 126 cm³/mol. The number of rotatable bonds is 21. The molecule has 2 heteroatoms. The van der Waals surface area contributed by atoms with E-state index in [0.717, 1.165) is 13.0 Å². The first-order valence-electron chi connectivity index (χ1n) is 12.5. The first-order valence-corrected chi connectivity index (χ1v) is 12.5. The van der Waals surface area contributed by atoms with E-state index in [9.17, 15) is 4.79 Å². The number of carbonyl (C=O) groups is 1. The molecule has 0 saturated carbocycles. The van der Waals surface area contributed by atoms with Crippen LogP contribution in [0.15, 0.2) is 12.2 Å². The molecule has 2 unspecified atom stereocenters. The van der Waals surface area contributed by atoms with Crippen molar-refractivity contribution in [3.8, 4) is 0 Å². The summed E-state index contributed by atoms with van der Waals surface area (Å²) in [5.41, 5.74) is 0. The predicted octanol–water partition coefficient (Wildman–Crippen LogP) is 8.01. The van der Waals surface area contributed by atoms with Crippen LogP contribution in [0.3, 0.4) is 0 Å². The van der Waals surface area contributed by atoms with Crippen molar-refractivity contribution in [1.82, 2.24) is 5.32 Å². The van der Waals surface area contributed by atoms with Crippen LogP contribution >= 0.6 is 0 Å². The highest BCUT2D eigenvalue weighted by Crippen LogP contribution is 2.10. The van der Waals surface area contributed by atoms with Gasteiger partial charge in [0.25, 0.3) is 0 Å². The molecule has 2 atom stereocenters. The molecular weight excluding hydrogens is 342 g/mol. The molecule has 0 bridgehead atoms. The van der Waals surface area contributed by atoms with Gasteiger partial charge in [0.05, 0.1) is 0 Å². The van der Waals surface area contributed by atoms with E-state index in [-0.39, 0.29) is 5.92 Å². The Kier molecular flexibility index (Phi) is 20.6. The van der Waals surface area contributed by atoms with E-state index in [2.05, 4.69) is 38.2 Å². The molecule has 0 heterocycles. The maximum Gasteiger partial charge on any atom is 0.137 e. The van der Waals surface area contributed by atoms with Gasteiger partial charge in [0, 0.05) is 18.4 Å². The second kappa shape index (κ2) is 21.1. The molecule has 0 aromatic heterocycles. The fourth-order valence-corrected chi connectivity index (χ4v) is 3.52. The highest BCUT2D eigenvalue weighted by molar-refractivity contribution is 5.81. The topological polar surface area (TPSA) is 29.1 Å². The van der Waals surface area contributed by atoms with Gasteiger partial charge in [0.2, 0.25) is 0 Å². The maximum absolute atomic E-state index is 11.9. The van der Waals surface area contributed by atoms with Crippen LogP contribution < -0.4 is 5.32 Å². The normalized spacial score (nSPS) is 13.9. The van der Waals surface area contributed by atoms with Crippen molar-refractivity contribution in [3.63, 3.8) is 0 Å². The van der Waals surface area contributed by atoms with Gasteiger partial charge in [-0.2, -0.15) is 0 Å². The zero-order valence-electron chi connectivity index (χ0n) is 19.7. The van der Waals surface area contributed by atoms with Crippen molar-refractivity contribution in [1.29, 1.82) is 0 Å². The standard InChI is InChI=1S/C26H51NO/c1-5-7-8-9-10-11-12-13-14-15-16-17-18-19-20-21-22-27-25(4)23-26(28)24(3)6-2/h13-14,24-25,27H,5-12,15-23H2,1-4H3/b14-13+. The third-order valence-electron chi connectivity index (χ3n) is 5.85. The zero-order valence-corrected chi connectivity index (χ0v) is 19.7. The second-order valence-corrected chi connectivity index (χ2v) is 8.77. The highest BCUT2D eigenvalue weighted by atomic mass is 16.1. The van der Waals surface area contributed by atoms with Crippen LogP contribution in [0.25, 0.3) is 0 Å². The van der Waals surface area contributed by atoms with Gasteiger partial charge in [0.1, 0.15) is 5.78 Å². The molecule has 0 amide bonds. The van der Waals surface area contributed by atoms with Crippen molar-refractivity contribution in [2.24, 2.45) is 5.92 Å². The van der Waals surface area contributed by atoms with Gasteiger partial charge in [-0.15, -0.1) is 0 Å². The summed E-state index contributed by atoms with van der Waals surface area (Å²) in [4.78, 5) is 11.9. The second-order valence-electron chi connectivity index (χ2n) is 8.77. The Morgan fingerprint density at radius 3 is 1.79 bits per heavy atom. The van der Waals surface area contributed by atoms with Gasteiger partial charge in [-0.3, -0.25) is 4.79 Å². The molecular formula is C26H51NO. The lowest BCUT2D eigenvalue weighted by Crippen LogP contribution is -2.30. The number of Topliss-reactive ketones (excluding diaryl/α,β-unsaturated/α-hetero) is 1. The minimum Gasteiger partial charge on any atom is -0.314 e. The van der Waals surface area contributed by atoms with Gasteiger partial charge in [-0.05, 0) is 52.0 Å². The molecule has 1 N–H and O–H groups in total. The van der Waals surface area contributed by atoms with Gasteiger partial charge < -0.3 is 5.32 Å². The molecule has 0 spiro atoms. The van der Waals surface area contributed by atoms with Crippen molar-refractivity contribution in [3.05, 3.63) is 12.2 Å². The van der Waals surface area contributed by atoms with E-state index in [1.165, 1.54) is 89.9 Å². The Hall–Kier alpha value is -0.630. The highest BCUT2D eigenvalue weighted by Gasteiger charge is 2.13. The number of nitrogens with one attached hydrogen (secondary N) is 1. The lowest BCUT2D eigenvalue weighted by atomic mass is 9.98. The average molecular weight is 394 g/mol. The third-order valence-corrected chi connectivity index (χ3v) is 5.85. The molecule has 0 radical (unpaired) electrons. The van der Waals surface area contributed by atoms with Crippen molar-refractivity contribution in [2.45, 2.75) is 136 Å². The van der Waals surface area contributed by atoms with Crippen molar-refractivity contribution in [2.75, 3.05) is 6.54 Å². The van der Waals surface area contributed by atoms with Crippen molar-refractivity contribution >= 4 is 5.78 Å². The molecule has 0 aromatic carbocycles. The van der Waals surface area contributed by atoms with Crippen LogP contribution in [-0.2, 0) is 4.79 Å². The number of ketones is 1. The van der Waals surface area contributed by atoms with Gasteiger partial charge in [-0.25, -0.2) is 0 Å². The fraction of sp³-hybridized carbons (Fsp3) is 0.885. The molecule has 28 heavy (non-hydrogen) atoms. The van der Waals surface area contributed by atoms with E-state index in [4.69, 9.17) is 0 Å². The van der Waals surface area contributed by atoms with Gasteiger partial charge >= 0.3 is 0 Å². The van der Waals surface area contributed by atoms with Crippen LogP contribution in [0, 0.1) is 5.92 Å². The Bertz CT molecular complexity index is 363. The maximum atomic E-state index is 11.9. The molecule has 0 rings (SSSR count). The van der Waals surface area contributed by atoms with E-state index in [0.29, 0.717) is 18.2 Å². The van der Waals surface area contributed by atoms with E-state index < -0.39 is 0 Å². The molecule has 0 fully saturated rings. The van der Waals surface area contributed by atoms with Crippen molar-refractivity contribution < 1.29 is 4.79 Å². The number of hydrogen-bond acceptors (Lipinski definition) is 2. The summed E-state index contributed by atoms with van der Waals surface area (Å²) < 4.78 is 0. The number of hydrogen-bond donors (Lipinski definition) is 1. The third kappa shape index (κ3) is 18.7. The van der Waals surface area contributed by atoms with Crippen LogP contribution in [0.5, 0.6) is 0 Å². The fourth-order valence-electron chi connectivity index (χ4n) is 3.52. The summed E-state index contributed by atoms with van der Waals surface area (Å²) in [5, 5.41) is 3.51. The minimum atomic E-state index is 0.217. The molecule has 0 aliphatic rings. The van der Waals surface area contributed by atoms with Gasteiger partial charge in [-0.1, -0.05) is 90.7 Å². The van der Waals surface area contributed by atoms with E-state index in [1.807, 2.05) is 6.92 Å². The largest absolute Gasteiger partial charge is 0.314 e. The number of carbonyl (C=O) groups excluding carboxylic acids is 1. The van der Waals surface area contributed by atoms with Gasteiger partial charge in [0.15, 0.2) is 0 Å². The lowest BCUT2D eigenvalue weighted by Gasteiger charge is -2.15. The first kappa shape index (κ1) is 27.4. The number of allylic oxidation sites excluding steroid dienone is 2. The Balaban J connectivity index is 3.29. The smallest absolute Gasteiger partial charge is 0.137 e.